The molecule has 6 nitrogen and oxygen atoms in total. The largest absolute Gasteiger partial charge is 0.349 e. The predicted molar refractivity (Wildman–Crippen MR) is 97.5 cm³/mol. The number of nitrogens with zero attached hydrogens (tertiary/aromatic N) is 3. The van der Waals surface area contributed by atoms with Crippen LogP contribution in [0, 0.1) is 0 Å². The first kappa shape index (κ1) is 16.1. The summed E-state index contributed by atoms with van der Waals surface area (Å²) in [5, 5.41) is 12.4. The summed E-state index contributed by atoms with van der Waals surface area (Å²) in [4.78, 5) is 21.0. The van der Waals surface area contributed by atoms with E-state index in [0.717, 1.165) is 41.7 Å². The molecule has 0 saturated heterocycles. The van der Waals surface area contributed by atoms with Gasteiger partial charge in [0.15, 0.2) is 5.16 Å². The van der Waals surface area contributed by atoms with E-state index in [0.29, 0.717) is 10.8 Å². The van der Waals surface area contributed by atoms with Gasteiger partial charge in [-0.1, -0.05) is 11.8 Å². The second-order valence-electron chi connectivity index (χ2n) is 6.27. The van der Waals surface area contributed by atoms with Crippen molar-refractivity contribution in [2.75, 3.05) is 0 Å². The fourth-order valence-corrected chi connectivity index (χ4v) is 4.22. The molecule has 1 aliphatic carbocycles. The van der Waals surface area contributed by atoms with Gasteiger partial charge in [-0.25, -0.2) is 9.97 Å². The molecule has 4 rings (SSSR count). The summed E-state index contributed by atoms with van der Waals surface area (Å²) in [6.45, 7) is 0. The first-order valence-electron chi connectivity index (χ1n) is 8.45. The van der Waals surface area contributed by atoms with Crippen LogP contribution in [0.3, 0.4) is 0 Å². The number of aromatic nitrogens is 4. The molecule has 2 heterocycles. The summed E-state index contributed by atoms with van der Waals surface area (Å²) in [5.41, 5.74) is 1.63. The third kappa shape index (κ3) is 3.82. The van der Waals surface area contributed by atoms with Crippen molar-refractivity contribution >= 4 is 28.6 Å². The number of nitrogens with one attached hydrogen (secondary N) is 2. The summed E-state index contributed by atoms with van der Waals surface area (Å²) >= 11 is 1.74. The van der Waals surface area contributed by atoms with Crippen molar-refractivity contribution in [3.63, 3.8) is 0 Å². The molecule has 0 spiro atoms. The smallest absolute Gasteiger partial charge is 0.251 e. The van der Waals surface area contributed by atoms with Gasteiger partial charge in [-0.3, -0.25) is 9.89 Å². The van der Waals surface area contributed by atoms with E-state index in [1.807, 2.05) is 24.3 Å². The van der Waals surface area contributed by atoms with Gasteiger partial charge in [-0.2, -0.15) is 5.10 Å². The van der Waals surface area contributed by atoms with Crippen molar-refractivity contribution in [2.45, 2.75) is 42.1 Å². The van der Waals surface area contributed by atoms with E-state index < -0.39 is 0 Å². The highest BCUT2D eigenvalue weighted by Gasteiger charge is 2.24. The number of thioether (sulfide) groups is 1. The van der Waals surface area contributed by atoms with E-state index in [1.54, 1.807) is 30.4 Å². The van der Waals surface area contributed by atoms with Crippen molar-refractivity contribution < 1.29 is 4.79 Å². The Morgan fingerprint density at radius 1 is 1.16 bits per heavy atom. The average molecular weight is 353 g/mol. The molecule has 2 N–H and O–H groups in total. The molecule has 1 aromatic carbocycles. The number of carbonyl (C=O) groups is 1. The zero-order valence-electron chi connectivity index (χ0n) is 13.7. The summed E-state index contributed by atoms with van der Waals surface area (Å²) in [6.07, 6.45) is 9.40. The lowest BCUT2D eigenvalue weighted by Crippen LogP contribution is -2.38. The summed E-state index contributed by atoms with van der Waals surface area (Å²) in [7, 11) is 0. The molecule has 0 radical (unpaired) electrons. The number of hydrogen-bond acceptors (Lipinski definition) is 5. The molecule has 25 heavy (non-hydrogen) atoms. The number of amides is 1. The highest BCUT2D eigenvalue weighted by molar-refractivity contribution is 7.99. The normalized spacial score (nSPS) is 20.5. The zero-order chi connectivity index (χ0) is 17.1. The number of carbonyl (C=O) groups excluding carboxylic acids is 1. The number of aromatic amines is 1. The Kier molecular flexibility index (Phi) is 4.65. The minimum atomic E-state index is -0.00871. The highest BCUT2D eigenvalue weighted by atomic mass is 32.2. The molecule has 128 valence electrons. The van der Waals surface area contributed by atoms with Crippen LogP contribution < -0.4 is 5.32 Å². The van der Waals surface area contributed by atoms with Crippen LogP contribution in [0.1, 0.15) is 36.0 Å². The van der Waals surface area contributed by atoms with Crippen molar-refractivity contribution in [3.8, 4) is 0 Å². The van der Waals surface area contributed by atoms with Gasteiger partial charge in [0.25, 0.3) is 5.91 Å². The van der Waals surface area contributed by atoms with Crippen LogP contribution in [0.4, 0.5) is 0 Å². The van der Waals surface area contributed by atoms with E-state index >= 15 is 0 Å². The number of rotatable bonds is 4. The Balaban J connectivity index is 1.31. The van der Waals surface area contributed by atoms with Crippen LogP contribution in [0.15, 0.2) is 48.0 Å². The van der Waals surface area contributed by atoms with E-state index in [4.69, 9.17) is 0 Å². The Hall–Kier alpha value is -2.41. The Morgan fingerprint density at radius 2 is 1.96 bits per heavy atom. The molecule has 1 saturated carbocycles. The zero-order valence-corrected chi connectivity index (χ0v) is 14.5. The molecule has 7 heteroatoms. The van der Waals surface area contributed by atoms with Crippen LogP contribution >= 0.6 is 11.8 Å². The second kappa shape index (κ2) is 7.23. The molecule has 3 aromatic rings. The van der Waals surface area contributed by atoms with Crippen LogP contribution in [0.2, 0.25) is 0 Å². The molecule has 1 aliphatic rings. The lowest BCUT2D eigenvalue weighted by molar-refractivity contribution is 0.0928. The summed E-state index contributed by atoms with van der Waals surface area (Å²) in [6, 6.07) is 7.68. The molecule has 0 aliphatic heterocycles. The van der Waals surface area contributed by atoms with Crippen LogP contribution in [0.5, 0.6) is 0 Å². The predicted octanol–water partition coefficient (Wildman–Crippen LogP) is 3.19. The molecular weight excluding hydrogens is 334 g/mol. The van der Waals surface area contributed by atoms with Gasteiger partial charge in [0, 0.05) is 34.6 Å². The number of fused-ring (bicyclic) bond motifs is 1. The topological polar surface area (TPSA) is 83.6 Å². The molecule has 0 bridgehead atoms. The van der Waals surface area contributed by atoms with Crippen LogP contribution in [-0.2, 0) is 0 Å². The number of hydrogen-bond donors (Lipinski definition) is 2. The summed E-state index contributed by atoms with van der Waals surface area (Å²) in [5.74, 6) is -0.00871. The second-order valence-corrected chi connectivity index (χ2v) is 7.54. The average Bonchev–Trinajstić information content (AvgIpc) is 3.12. The monoisotopic (exact) mass is 353 g/mol. The highest BCUT2D eigenvalue weighted by Crippen LogP contribution is 2.31. The van der Waals surface area contributed by atoms with Crippen molar-refractivity contribution in [1.29, 1.82) is 0 Å². The Labute approximate surface area is 149 Å². The molecule has 1 amide bonds. The quantitative estimate of drug-likeness (QED) is 0.704. The first-order chi connectivity index (χ1) is 12.3. The third-order valence-corrected chi connectivity index (χ3v) is 5.75. The van der Waals surface area contributed by atoms with Crippen LogP contribution in [0.25, 0.3) is 10.9 Å². The van der Waals surface area contributed by atoms with E-state index in [-0.39, 0.29) is 11.9 Å². The van der Waals surface area contributed by atoms with Gasteiger partial charge in [0.2, 0.25) is 0 Å². The van der Waals surface area contributed by atoms with E-state index in [2.05, 4.69) is 25.5 Å². The van der Waals surface area contributed by atoms with Gasteiger partial charge in [-0.05, 0) is 49.9 Å². The molecule has 2 aromatic heterocycles. The Morgan fingerprint density at radius 3 is 2.76 bits per heavy atom. The Bertz CT molecular complexity index is 858. The van der Waals surface area contributed by atoms with Crippen LogP contribution in [-0.4, -0.2) is 37.4 Å². The molecule has 0 atom stereocenters. The number of benzene rings is 1. The molecular formula is C18H19N5OS. The SMILES string of the molecule is O=C(NC1CCC(Sc2ncccn2)CC1)c1ccc2[nH]ncc2c1. The van der Waals surface area contributed by atoms with Gasteiger partial charge in [0.05, 0.1) is 11.7 Å². The van der Waals surface area contributed by atoms with Crippen molar-refractivity contribution in [1.82, 2.24) is 25.5 Å². The van der Waals surface area contributed by atoms with E-state index in [9.17, 15) is 4.79 Å². The lowest BCUT2D eigenvalue weighted by atomic mass is 9.94. The van der Waals surface area contributed by atoms with Gasteiger partial charge < -0.3 is 5.32 Å². The van der Waals surface area contributed by atoms with Crippen molar-refractivity contribution in [3.05, 3.63) is 48.4 Å². The van der Waals surface area contributed by atoms with Gasteiger partial charge in [0.1, 0.15) is 0 Å². The minimum Gasteiger partial charge on any atom is -0.349 e. The standard InChI is InChI=1S/C18H19N5OS/c24-17(12-2-7-16-13(10-12)11-21-23-16)22-14-3-5-15(6-4-14)25-18-19-8-1-9-20-18/h1-2,7-11,14-15H,3-6H2,(H,21,23)(H,22,24). The fourth-order valence-electron chi connectivity index (χ4n) is 3.17. The molecule has 1 fully saturated rings. The maximum Gasteiger partial charge on any atom is 0.251 e. The van der Waals surface area contributed by atoms with E-state index in [1.165, 1.54) is 0 Å². The maximum atomic E-state index is 12.5. The van der Waals surface area contributed by atoms with Gasteiger partial charge in [-0.15, -0.1) is 0 Å². The minimum absolute atomic E-state index is 0.00871. The third-order valence-electron chi connectivity index (χ3n) is 4.53. The molecule has 0 unspecified atom stereocenters. The summed E-state index contributed by atoms with van der Waals surface area (Å²) < 4.78 is 0. The van der Waals surface area contributed by atoms with Crippen molar-refractivity contribution in [2.24, 2.45) is 0 Å². The number of H-pyrrole nitrogens is 1. The fraction of sp³-hybridized carbons (Fsp3) is 0.333. The lowest BCUT2D eigenvalue weighted by Gasteiger charge is -2.28. The first-order valence-corrected chi connectivity index (χ1v) is 9.33. The van der Waals surface area contributed by atoms with Gasteiger partial charge >= 0.3 is 0 Å². The maximum absolute atomic E-state index is 12.5.